The fourth-order valence-corrected chi connectivity index (χ4v) is 2.35. The molecule has 0 radical (unpaired) electrons. The molecule has 0 atom stereocenters. The van der Waals surface area contributed by atoms with Crippen molar-refractivity contribution in [1.29, 1.82) is 0 Å². The number of carbonyl (C=O) groups is 1. The molecule has 0 spiro atoms. The van der Waals surface area contributed by atoms with Crippen LogP contribution in [0.3, 0.4) is 0 Å². The molecule has 0 bridgehead atoms. The Morgan fingerprint density at radius 2 is 1.96 bits per heavy atom. The van der Waals surface area contributed by atoms with Gasteiger partial charge < -0.3 is 10.1 Å². The molecule has 0 aliphatic carbocycles. The molecule has 0 unspecified atom stereocenters. The normalized spacial score (nSPS) is 10.6. The third kappa shape index (κ3) is 5.34. The number of carbonyl (C=O) groups excluding carboxylic acids is 1. The van der Waals surface area contributed by atoms with E-state index in [2.05, 4.69) is 34.1 Å². The van der Waals surface area contributed by atoms with Gasteiger partial charge in [-0.15, -0.1) is 0 Å². The van der Waals surface area contributed by atoms with Crippen LogP contribution in [0.2, 0.25) is 0 Å². The molecule has 6 nitrogen and oxygen atoms in total. The summed E-state index contributed by atoms with van der Waals surface area (Å²) in [7, 11) is 0. The maximum atomic E-state index is 12.3. The molecule has 1 N–H and O–H groups in total. The van der Waals surface area contributed by atoms with Gasteiger partial charge in [0.2, 0.25) is 5.88 Å². The summed E-state index contributed by atoms with van der Waals surface area (Å²) < 4.78 is 5.52. The molecule has 3 rings (SSSR count). The van der Waals surface area contributed by atoms with Gasteiger partial charge in [-0.25, -0.2) is 4.98 Å². The van der Waals surface area contributed by atoms with E-state index in [0.717, 1.165) is 16.8 Å². The highest BCUT2D eigenvalue weighted by atomic mass is 16.5. The minimum Gasteiger partial charge on any atom is -0.477 e. The Bertz CT molecular complexity index is 863. The largest absolute Gasteiger partial charge is 0.477 e. The minimum absolute atomic E-state index is 0.186. The molecule has 3 aromatic rings. The van der Waals surface area contributed by atoms with E-state index < -0.39 is 0 Å². The first-order valence-corrected chi connectivity index (χ1v) is 8.84. The average Bonchev–Trinajstić information content (AvgIpc) is 2.72. The number of nitrogens with one attached hydrogen (secondary N) is 1. The van der Waals surface area contributed by atoms with Gasteiger partial charge in [0.05, 0.1) is 17.9 Å². The van der Waals surface area contributed by atoms with Crippen molar-refractivity contribution in [1.82, 2.24) is 20.3 Å². The summed E-state index contributed by atoms with van der Waals surface area (Å²) in [5.74, 6) is 0.762. The van der Waals surface area contributed by atoms with Crippen LogP contribution >= 0.6 is 0 Å². The van der Waals surface area contributed by atoms with E-state index in [4.69, 9.17) is 4.74 Å². The Hall–Kier alpha value is -3.28. The van der Waals surface area contributed by atoms with Crippen molar-refractivity contribution >= 4 is 5.91 Å². The lowest BCUT2D eigenvalue weighted by molar-refractivity contribution is 0.0950. The molecule has 0 fully saturated rings. The van der Waals surface area contributed by atoms with Gasteiger partial charge in [0.15, 0.2) is 0 Å². The van der Waals surface area contributed by atoms with E-state index in [1.54, 1.807) is 30.7 Å². The first-order valence-electron chi connectivity index (χ1n) is 8.84. The first kappa shape index (κ1) is 18.5. The number of amides is 1. The van der Waals surface area contributed by atoms with Crippen LogP contribution in [0.5, 0.6) is 5.88 Å². The maximum absolute atomic E-state index is 12.3. The van der Waals surface area contributed by atoms with Crippen molar-refractivity contribution in [3.05, 3.63) is 72.3 Å². The highest BCUT2D eigenvalue weighted by Gasteiger charge is 2.07. The van der Waals surface area contributed by atoms with Crippen molar-refractivity contribution in [2.75, 3.05) is 6.61 Å². The highest BCUT2D eigenvalue weighted by Crippen LogP contribution is 2.15. The minimum atomic E-state index is -0.186. The van der Waals surface area contributed by atoms with Gasteiger partial charge in [-0.3, -0.25) is 14.8 Å². The number of nitrogens with zero attached hydrogens (tertiary/aromatic N) is 3. The second kappa shape index (κ2) is 8.89. The summed E-state index contributed by atoms with van der Waals surface area (Å²) in [4.78, 5) is 25.0. The zero-order chi connectivity index (χ0) is 19.1. The maximum Gasteiger partial charge on any atom is 0.253 e. The smallest absolute Gasteiger partial charge is 0.253 e. The predicted octanol–water partition coefficient (Wildman–Crippen LogP) is 3.50. The third-order valence-corrected chi connectivity index (χ3v) is 3.80. The number of ether oxygens (including phenoxy) is 1. The SMILES string of the molecule is CC(C)COc1ccc(C(=O)NCc2ccc(-c3cccnc3)nc2)cn1. The first-order chi connectivity index (χ1) is 13.1. The van der Waals surface area contributed by atoms with E-state index in [1.807, 2.05) is 24.3 Å². The van der Waals surface area contributed by atoms with Gasteiger partial charge >= 0.3 is 0 Å². The zero-order valence-electron chi connectivity index (χ0n) is 15.4. The Kier molecular flexibility index (Phi) is 6.10. The number of aromatic nitrogens is 3. The lowest BCUT2D eigenvalue weighted by Gasteiger charge is -2.09. The third-order valence-electron chi connectivity index (χ3n) is 3.80. The molecule has 0 saturated heterocycles. The molecule has 27 heavy (non-hydrogen) atoms. The summed E-state index contributed by atoms with van der Waals surface area (Å²) in [5, 5.41) is 2.87. The van der Waals surface area contributed by atoms with Crippen molar-refractivity contribution < 1.29 is 9.53 Å². The summed E-state index contributed by atoms with van der Waals surface area (Å²) >= 11 is 0. The summed E-state index contributed by atoms with van der Waals surface area (Å²) in [6, 6.07) is 11.1. The standard InChI is InChI=1S/C21H22N4O2/c1-15(2)14-27-20-8-6-18(13-24-20)21(26)25-11-16-5-7-19(23-10-16)17-4-3-9-22-12-17/h3-10,12-13,15H,11,14H2,1-2H3,(H,25,26). The average molecular weight is 362 g/mol. The van der Waals surface area contributed by atoms with E-state index >= 15 is 0 Å². The summed E-state index contributed by atoms with van der Waals surface area (Å²) in [6.45, 7) is 5.13. The van der Waals surface area contributed by atoms with E-state index in [0.29, 0.717) is 30.5 Å². The van der Waals surface area contributed by atoms with Gasteiger partial charge in [0.25, 0.3) is 5.91 Å². The van der Waals surface area contributed by atoms with Crippen LogP contribution in [0.4, 0.5) is 0 Å². The van der Waals surface area contributed by atoms with Crippen LogP contribution in [0.25, 0.3) is 11.3 Å². The van der Waals surface area contributed by atoms with Crippen LogP contribution < -0.4 is 10.1 Å². The molecule has 6 heteroatoms. The lowest BCUT2D eigenvalue weighted by atomic mass is 10.1. The van der Waals surface area contributed by atoms with Gasteiger partial charge in [0.1, 0.15) is 0 Å². The molecule has 3 aromatic heterocycles. The van der Waals surface area contributed by atoms with Gasteiger partial charge in [-0.2, -0.15) is 0 Å². The van der Waals surface area contributed by atoms with Crippen LogP contribution in [-0.2, 0) is 6.54 Å². The van der Waals surface area contributed by atoms with Gasteiger partial charge in [0, 0.05) is 43.0 Å². The lowest BCUT2D eigenvalue weighted by Crippen LogP contribution is -2.23. The van der Waals surface area contributed by atoms with Crippen LogP contribution in [-0.4, -0.2) is 27.5 Å². The Balaban J connectivity index is 1.54. The fraction of sp³-hybridized carbons (Fsp3) is 0.238. The van der Waals surface area contributed by atoms with Crippen molar-refractivity contribution in [3.8, 4) is 17.1 Å². The van der Waals surface area contributed by atoms with Gasteiger partial charge in [-0.1, -0.05) is 19.9 Å². The number of hydrogen-bond acceptors (Lipinski definition) is 5. The van der Waals surface area contributed by atoms with Crippen molar-refractivity contribution in [2.24, 2.45) is 5.92 Å². The second-order valence-corrected chi connectivity index (χ2v) is 6.57. The van der Waals surface area contributed by atoms with Gasteiger partial charge in [-0.05, 0) is 35.7 Å². The van der Waals surface area contributed by atoms with E-state index in [-0.39, 0.29) is 5.91 Å². The Labute approximate surface area is 158 Å². The van der Waals surface area contributed by atoms with E-state index in [1.165, 1.54) is 6.20 Å². The van der Waals surface area contributed by atoms with Crippen LogP contribution in [0.15, 0.2) is 61.2 Å². The molecule has 0 aromatic carbocycles. The Morgan fingerprint density at radius 3 is 2.59 bits per heavy atom. The molecular formula is C21H22N4O2. The molecule has 0 saturated carbocycles. The summed E-state index contributed by atoms with van der Waals surface area (Å²) in [5.41, 5.74) is 3.21. The Morgan fingerprint density at radius 1 is 1.07 bits per heavy atom. The highest BCUT2D eigenvalue weighted by molar-refractivity contribution is 5.93. The second-order valence-electron chi connectivity index (χ2n) is 6.57. The quantitative estimate of drug-likeness (QED) is 0.696. The number of rotatable bonds is 7. The molecule has 138 valence electrons. The fourth-order valence-electron chi connectivity index (χ4n) is 2.35. The van der Waals surface area contributed by atoms with Crippen LogP contribution in [0, 0.1) is 5.92 Å². The van der Waals surface area contributed by atoms with Crippen LogP contribution in [0.1, 0.15) is 29.8 Å². The molecule has 0 aliphatic rings. The van der Waals surface area contributed by atoms with E-state index in [9.17, 15) is 4.79 Å². The van der Waals surface area contributed by atoms with Crippen molar-refractivity contribution in [3.63, 3.8) is 0 Å². The zero-order valence-corrected chi connectivity index (χ0v) is 15.4. The molecule has 3 heterocycles. The number of pyridine rings is 3. The molecular weight excluding hydrogens is 340 g/mol. The number of hydrogen-bond donors (Lipinski definition) is 1. The van der Waals surface area contributed by atoms with Crippen molar-refractivity contribution in [2.45, 2.75) is 20.4 Å². The predicted molar refractivity (Wildman–Crippen MR) is 103 cm³/mol. The molecule has 0 aliphatic heterocycles. The topological polar surface area (TPSA) is 77.0 Å². The molecule has 1 amide bonds. The monoisotopic (exact) mass is 362 g/mol. The summed E-state index contributed by atoms with van der Waals surface area (Å²) in [6.07, 6.45) is 6.77.